The minimum absolute atomic E-state index is 0. The number of piperidine rings is 1. The highest BCUT2D eigenvalue weighted by Gasteiger charge is 2.16. The van der Waals surface area contributed by atoms with Crippen LogP contribution in [-0.2, 0) is 9.59 Å². The first-order valence-electron chi connectivity index (χ1n) is 6.84. The van der Waals surface area contributed by atoms with Crippen molar-refractivity contribution in [3.05, 3.63) is 0 Å². The van der Waals surface area contributed by atoms with Crippen molar-refractivity contribution in [2.75, 3.05) is 19.6 Å². The van der Waals surface area contributed by atoms with E-state index in [4.69, 9.17) is 0 Å². The number of carbonyl (C=O) groups excluding carboxylic acids is 2. The Bertz CT molecular complexity index is 279. The van der Waals surface area contributed by atoms with Crippen LogP contribution in [0.2, 0.25) is 0 Å². The van der Waals surface area contributed by atoms with Gasteiger partial charge in [-0.2, -0.15) is 0 Å². The molecule has 0 spiro atoms. The lowest BCUT2D eigenvalue weighted by molar-refractivity contribution is -0.123. The molecule has 1 rings (SSSR count). The van der Waals surface area contributed by atoms with Crippen molar-refractivity contribution >= 4 is 24.2 Å². The minimum Gasteiger partial charge on any atom is -0.356 e. The molecule has 1 aliphatic rings. The molecule has 0 saturated carbocycles. The first kappa shape index (κ1) is 18.2. The summed E-state index contributed by atoms with van der Waals surface area (Å²) >= 11 is 0. The van der Waals surface area contributed by atoms with E-state index >= 15 is 0 Å². The smallest absolute Gasteiger partial charge is 0.221 e. The predicted octanol–water partition coefficient (Wildman–Crippen LogP) is 0.829. The average molecular weight is 292 g/mol. The van der Waals surface area contributed by atoms with Crippen LogP contribution in [0.25, 0.3) is 0 Å². The molecule has 0 bridgehead atoms. The summed E-state index contributed by atoms with van der Waals surface area (Å²) in [5.74, 6) is 0.558. The van der Waals surface area contributed by atoms with Crippen molar-refractivity contribution in [2.24, 2.45) is 5.92 Å². The maximum Gasteiger partial charge on any atom is 0.221 e. The van der Waals surface area contributed by atoms with Gasteiger partial charge < -0.3 is 16.0 Å². The minimum atomic E-state index is -0.00725. The Morgan fingerprint density at radius 3 is 2.42 bits per heavy atom. The van der Waals surface area contributed by atoms with Crippen LogP contribution in [-0.4, -0.2) is 37.5 Å². The van der Waals surface area contributed by atoms with E-state index in [1.165, 1.54) is 0 Å². The molecule has 5 nitrogen and oxygen atoms in total. The average Bonchev–Trinajstić information content (AvgIpc) is 2.29. The van der Waals surface area contributed by atoms with Crippen LogP contribution < -0.4 is 16.0 Å². The Balaban J connectivity index is 0.00000324. The number of rotatable bonds is 6. The molecule has 6 heteroatoms. The number of nitrogens with one attached hydrogen (secondary N) is 3. The van der Waals surface area contributed by atoms with E-state index in [-0.39, 0.29) is 30.3 Å². The summed E-state index contributed by atoms with van der Waals surface area (Å²) in [6, 6.07) is 0.156. The topological polar surface area (TPSA) is 70.2 Å². The van der Waals surface area contributed by atoms with Gasteiger partial charge in [0.25, 0.3) is 0 Å². The highest BCUT2D eigenvalue weighted by Crippen LogP contribution is 2.15. The SMILES string of the molecule is CC(C)NC(=O)CCNC(=O)CC1CCNCC1.Cl. The van der Waals surface area contributed by atoms with Crippen LogP contribution in [0.1, 0.15) is 39.5 Å². The third-order valence-electron chi connectivity index (χ3n) is 3.06. The van der Waals surface area contributed by atoms with E-state index in [1.54, 1.807) is 0 Å². The van der Waals surface area contributed by atoms with E-state index in [0.717, 1.165) is 25.9 Å². The maximum atomic E-state index is 11.7. The van der Waals surface area contributed by atoms with Gasteiger partial charge in [-0.25, -0.2) is 0 Å². The van der Waals surface area contributed by atoms with Crippen molar-refractivity contribution in [1.29, 1.82) is 0 Å². The maximum absolute atomic E-state index is 11.7. The normalized spacial score (nSPS) is 15.7. The molecule has 1 saturated heterocycles. The fourth-order valence-corrected chi connectivity index (χ4v) is 2.13. The number of hydrogen-bond acceptors (Lipinski definition) is 3. The third kappa shape index (κ3) is 8.83. The van der Waals surface area contributed by atoms with Gasteiger partial charge in [0.2, 0.25) is 11.8 Å². The highest BCUT2D eigenvalue weighted by atomic mass is 35.5. The molecular formula is C13H26ClN3O2. The van der Waals surface area contributed by atoms with E-state index in [0.29, 0.717) is 25.3 Å². The second-order valence-corrected chi connectivity index (χ2v) is 5.22. The summed E-state index contributed by atoms with van der Waals surface area (Å²) in [6.45, 7) is 6.30. The molecule has 2 amide bonds. The van der Waals surface area contributed by atoms with E-state index in [1.807, 2.05) is 13.8 Å². The van der Waals surface area contributed by atoms with Gasteiger partial charge >= 0.3 is 0 Å². The zero-order valence-electron chi connectivity index (χ0n) is 11.8. The molecule has 0 aromatic heterocycles. The van der Waals surface area contributed by atoms with Gasteiger partial charge in [-0.05, 0) is 45.7 Å². The Hall–Kier alpha value is -0.810. The lowest BCUT2D eigenvalue weighted by atomic mass is 9.94. The first-order valence-corrected chi connectivity index (χ1v) is 6.84. The summed E-state index contributed by atoms with van der Waals surface area (Å²) in [7, 11) is 0. The number of halogens is 1. The molecule has 19 heavy (non-hydrogen) atoms. The van der Waals surface area contributed by atoms with Gasteiger partial charge in [0.1, 0.15) is 0 Å². The summed E-state index contributed by atoms with van der Waals surface area (Å²) in [5, 5.41) is 8.89. The molecule has 0 aromatic rings. The Labute approximate surface area is 121 Å². The molecule has 1 fully saturated rings. The molecule has 1 heterocycles. The summed E-state index contributed by atoms with van der Waals surface area (Å²) < 4.78 is 0. The van der Waals surface area contributed by atoms with Crippen LogP contribution in [0.3, 0.4) is 0 Å². The van der Waals surface area contributed by atoms with E-state index in [9.17, 15) is 9.59 Å². The predicted molar refractivity (Wildman–Crippen MR) is 78.4 cm³/mol. The fourth-order valence-electron chi connectivity index (χ4n) is 2.13. The first-order chi connectivity index (χ1) is 8.58. The number of amides is 2. The van der Waals surface area contributed by atoms with Gasteiger partial charge in [-0.15, -0.1) is 12.4 Å². The summed E-state index contributed by atoms with van der Waals surface area (Å²) in [5.41, 5.74) is 0. The van der Waals surface area contributed by atoms with Crippen LogP contribution in [0, 0.1) is 5.92 Å². The Morgan fingerprint density at radius 2 is 1.84 bits per heavy atom. The van der Waals surface area contributed by atoms with Crippen molar-refractivity contribution in [3.63, 3.8) is 0 Å². The van der Waals surface area contributed by atoms with Crippen molar-refractivity contribution in [1.82, 2.24) is 16.0 Å². The van der Waals surface area contributed by atoms with E-state index in [2.05, 4.69) is 16.0 Å². The van der Waals surface area contributed by atoms with Gasteiger partial charge in [-0.1, -0.05) is 0 Å². The number of carbonyl (C=O) groups is 2. The molecule has 0 unspecified atom stereocenters. The van der Waals surface area contributed by atoms with Crippen molar-refractivity contribution in [3.8, 4) is 0 Å². The van der Waals surface area contributed by atoms with Crippen LogP contribution in [0.15, 0.2) is 0 Å². The second kappa shape index (κ2) is 10.0. The molecule has 0 atom stereocenters. The van der Waals surface area contributed by atoms with Gasteiger partial charge in [0.05, 0.1) is 0 Å². The van der Waals surface area contributed by atoms with Crippen LogP contribution >= 0.6 is 12.4 Å². The molecule has 112 valence electrons. The zero-order valence-corrected chi connectivity index (χ0v) is 12.6. The van der Waals surface area contributed by atoms with Gasteiger partial charge in [0, 0.05) is 25.4 Å². The molecule has 3 N–H and O–H groups in total. The van der Waals surface area contributed by atoms with Crippen LogP contribution in [0.5, 0.6) is 0 Å². The lowest BCUT2D eigenvalue weighted by Gasteiger charge is -2.21. The van der Waals surface area contributed by atoms with Gasteiger partial charge in [0.15, 0.2) is 0 Å². The fraction of sp³-hybridized carbons (Fsp3) is 0.846. The monoisotopic (exact) mass is 291 g/mol. The number of hydrogen-bond donors (Lipinski definition) is 3. The molecule has 1 aliphatic heterocycles. The highest BCUT2D eigenvalue weighted by molar-refractivity contribution is 5.85. The van der Waals surface area contributed by atoms with Gasteiger partial charge in [-0.3, -0.25) is 9.59 Å². The lowest BCUT2D eigenvalue weighted by Crippen LogP contribution is -2.35. The van der Waals surface area contributed by atoms with Crippen molar-refractivity contribution < 1.29 is 9.59 Å². The van der Waals surface area contributed by atoms with Crippen LogP contribution in [0.4, 0.5) is 0 Å². The Kier molecular flexibility index (Phi) is 9.61. The zero-order chi connectivity index (χ0) is 13.4. The third-order valence-corrected chi connectivity index (χ3v) is 3.06. The summed E-state index contributed by atoms with van der Waals surface area (Å²) in [4.78, 5) is 23.0. The molecule has 0 aromatic carbocycles. The quantitative estimate of drug-likeness (QED) is 0.679. The summed E-state index contributed by atoms with van der Waals surface area (Å²) in [6.07, 6.45) is 3.09. The van der Waals surface area contributed by atoms with E-state index < -0.39 is 0 Å². The largest absolute Gasteiger partial charge is 0.356 e. The van der Waals surface area contributed by atoms with Crippen molar-refractivity contribution in [2.45, 2.75) is 45.6 Å². The second-order valence-electron chi connectivity index (χ2n) is 5.22. The molecule has 0 aliphatic carbocycles. The molecule has 0 radical (unpaired) electrons. The Morgan fingerprint density at radius 1 is 1.21 bits per heavy atom. The standard InChI is InChI=1S/C13H25N3O2.ClH/c1-10(2)16-12(17)5-8-15-13(18)9-11-3-6-14-7-4-11;/h10-11,14H,3-9H2,1-2H3,(H,15,18)(H,16,17);1H. The molecular weight excluding hydrogens is 266 g/mol.